The van der Waals surface area contributed by atoms with E-state index in [1.807, 2.05) is 0 Å². The molecule has 1 radical (unpaired) electrons. The van der Waals surface area contributed by atoms with Crippen LogP contribution in [0.2, 0.25) is 0 Å². The SMILES string of the molecule is CCCC1=CC=C[C]1[SiH2]c1cccc(C(C)C)c1. The summed E-state index contributed by atoms with van der Waals surface area (Å²) >= 11 is 0. The molecule has 0 spiro atoms. The summed E-state index contributed by atoms with van der Waals surface area (Å²) < 4.78 is 0. The van der Waals surface area contributed by atoms with E-state index in [9.17, 15) is 0 Å². The van der Waals surface area contributed by atoms with E-state index in [-0.39, 0.29) is 9.52 Å². The van der Waals surface area contributed by atoms with Gasteiger partial charge in [-0.3, -0.25) is 0 Å². The Hall–Kier alpha value is -1.08. The Morgan fingerprint density at radius 1 is 1.22 bits per heavy atom. The third-order valence-corrected chi connectivity index (χ3v) is 5.46. The first-order valence-corrected chi connectivity index (χ1v) is 8.44. The second kappa shape index (κ2) is 6.19. The molecule has 0 aromatic heterocycles. The maximum Gasteiger partial charge on any atom is 0.0717 e. The van der Waals surface area contributed by atoms with E-state index in [0.29, 0.717) is 5.92 Å². The lowest BCUT2D eigenvalue weighted by molar-refractivity contribution is 0.868. The second-order valence-electron chi connectivity index (χ2n) is 5.40. The summed E-state index contributed by atoms with van der Waals surface area (Å²) in [6.07, 6.45) is 9.34. The van der Waals surface area contributed by atoms with Crippen LogP contribution in [0.5, 0.6) is 0 Å². The molecular formula is C17H23Si. The van der Waals surface area contributed by atoms with E-state index < -0.39 is 0 Å². The van der Waals surface area contributed by atoms with Crippen LogP contribution in [0.1, 0.15) is 45.1 Å². The molecule has 1 aliphatic carbocycles. The first kappa shape index (κ1) is 13.4. The summed E-state index contributed by atoms with van der Waals surface area (Å²) in [6.45, 7) is 6.80. The van der Waals surface area contributed by atoms with Crippen molar-refractivity contribution < 1.29 is 0 Å². The lowest BCUT2D eigenvalue weighted by Crippen LogP contribution is -2.21. The zero-order valence-corrected chi connectivity index (χ0v) is 13.2. The highest BCUT2D eigenvalue weighted by atomic mass is 28.2. The molecule has 1 aromatic rings. The van der Waals surface area contributed by atoms with Crippen LogP contribution in [-0.4, -0.2) is 9.52 Å². The van der Waals surface area contributed by atoms with Gasteiger partial charge in [0.15, 0.2) is 0 Å². The van der Waals surface area contributed by atoms with Crippen LogP contribution in [0.15, 0.2) is 48.1 Å². The van der Waals surface area contributed by atoms with Crippen molar-refractivity contribution in [2.45, 2.75) is 39.5 Å². The van der Waals surface area contributed by atoms with Gasteiger partial charge in [-0.25, -0.2) is 0 Å². The predicted octanol–water partition coefficient (Wildman–Crippen LogP) is 3.43. The van der Waals surface area contributed by atoms with Crippen LogP contribution >= 0.6 is 0 Å². The van der Waals surface area contributed by atoms with E-state index in [1.54, 1.807) is 16.3 Å². The van der Waals surface area contributed by atoms with Crippen molar-refractivity contribution in [1.82, 2.24) is 0 Å². The molecule has 0 amide bonds. The molecule has 18 heavy (non-hydrogen) atoms. The normalized spacial score (nSPS) is 16.1. The summed E-state index contributed by atoms with van der Waals surface area (Å²) in [7, 11) is -0.295. The molecule has 95 valence electrons. The van der Waals surface area contributed by atoms with Crippen LogP contribution in [0, 0.1) is 5.54 Å². The van der Waals surface area contributed by atoms with Crippen LogP contribution in [0.25, 0.3) is 0 Å². The van der Waals surface area contributed by atoms with Gasteiger partial charge in [0.1, 0.15) is 0 Å². The Morgan fingerprint density at radius 3 is 2.78 bits per heavy atom. The van der Waals surface area contributed by atoms with E-state index in [2.05, 4.69) is 63.3 Å². The van der Waals surface area contributed by atoms with Gasteiger partial charge in [-0.2, -0.15) is 0 Å². The molecule has 0 heterocycles. The minimum Gasteiger partial charge on any atom is -0.0764 e. The molecular weight excluding hydrogens is 232 g/mol. The lowest BCUT2D eigenvalue weighted by Gasteiger charge is -2.13. The topological polar surface area (TPSA) is 0 Å². The molecule has 0 aliphatic heterocycles. The largest absolute Gasteiger partial charge is 0.0764 e. The highest BCUT2D eigenvalue weighted by molar-refractivity contribution is 6.61. The summed E-state index contributed by atoms with van der Waals surface area (Å²) in [5, 5.41) is 1.57. The quantitative estimate of drug-likeness (QED) is 0.707. The monoisotopic (exact) mass is 255 g/mol. The summed E-state index contributed by atoms with van der Waals surface area (Å²) in [5.41, 5.74) is 4.69. The standard InChI is InChI=1S/C17H23Si/c1-4-7-14-8-6-11-17(14)18-16-10-5-9-15(12-16)13(2)3/h5-6,8-13H,4,7,18H2,1-3H3. The highest BCUT2D eigenvalue weighted by Crippen LogP contribution is 2.24. The summed E-state index contributed by atoms with van der Waals surface area (Å²) in [5.74, 6) is 0.633. The van der Waals surface area contributed by atoms with Crippen molar-refractivity contribution >= 4 is 14.7 Å². The van der Waals surface area contributed by atoms with Crippen molar-refractivity contribution in [3.8, 4) is 0 Å². The van der Waals surface area contributed by atoms with Crippen LogP contribution < -0.4 is 5.19 Å². The molecule has 0 nitrogen and oxygen atoms in total. The highest BCUT2D eigenvalue weighted by Gasteiger charge is 2.16. The van der Waals surface area contributed by atoms with Crippen molar-refractivity contribution in [1.29, 1.82) is 0 Å². The van der Waals surface area contributed by atoms with Gasteiger partial charge in [0.05, 0.1) is 9.52 Å². The molecule has 2 rings (SSSR count). The maximum atomic E-state index is 2.42. The van der Waals surface area contributed by atoms with E-state index >= 15 is 0 Å². The molecule has 0 atom stereocenters. The fourth-order valence-corrected chi connectivity index (χ4v) is 4.27. The Bertz CT molecular complexity index is 454. The van der Waals surface area contributed by atoms with Crippen LogP contribution in [0.4, 0.5) is 0 Å². The fourth-order valence-electron chi connectivity index (χ4n) is 2.46. The molecule has 1 heteroatoms. The molecule has 0 unspecified atom stereocenters. The third-order valence-electron chi connectivity index (χ3n) is 3.54. The van der Waals surface area contributed by atoms with Gasteiger partial charge in [-0.15, -0.1) is 0 Å². The van der Waals surface area contributed by atoms with Crippen molar-refractivity contribution in [2.24, 2.45) is 0 Å². The van der Waals surface area contributed by atoms with Gasteiger partial charge in [-0.05, 0) is 17.9 Å². The molecule has 0 N–H and O–H groups in total. The van der Waals surface area contributed by atoms with E-state index in [0.717, 1.165) is 0 Å². The average molecular weight is 255 g/mol. The van der Waals surface area contributed by atoms with E-state index in [4.69, 9.17) is 0 Å². The first-order chi connectivity index (χ1) is 8.70. The van der Waals surface area contributed by atoms with Gasteiger partial charge in [0.25, 0.3) is 0 Å². The van der Waals surface area contributed by atoms with E-state index in [1.165, 1.54) is 18.4 Å². The third kappa shape index (κ3) is 3.23. The number of allylic oxidation sites excluding steroid dienone is 4. The van der Waals surface area contributed by atoms with Crippen molar-refractivity contribution in [2.75, 3.05) is 0 Å². The van der Waals surface area contributed by atoms with Crippen LogP contribution in [-0.2, 0) is 0 Å². The molecule has 0 saturated heterocycles. The zero-order chi connectivity index (χ0) is 13.0. The maximum absolute atomic E-state index is 2.42. The fraction of sp³-hybridized carbons (Fsp3) is 0.353. The van der Waals surface area contributed by atoms with Gasteiger partial charge in [0.2, 0.25) is 0 Å². The zero-order valence-electron chi connectivity index (χ0n) is 11.7. The Kier molecular flexibility index (Phi) is 4.59. The summed E-state index contributed by atoms with van der Waals surface area (Å²) in [4.78, 5) is 0. The van der Waals surface area contributed by atoms with Gasteiger partial charge in [-0.1, -0.05) is 80.4 Å². The van der Waals surface area contributed by atoms with Crippen molar-refractivity contribution in [3.63, 3.8) is 0 Å². The first-order valence-electron chi connectivity index (χ1n) is 7.03. The smallest absolute Gasteiger partial charge is 0.0717 e. The number of benzene rings is 1. The number of hydrogen-bond donors (Lipinski definition) is 0. The molecule has 1 aliphatic rings. The van der Waals surface area contributed by atoms with Crippen molar-refractivity contribution in [3.05, 3.63) is 59.2 Å². The number of rotatable bonds is 5. The predicted molar refractivity (Wildman–Crippen MR) is 84.1 cm³/mol. The molecule has 0 bridgehead atoms. The Morgan fingerprint density at radius 2 is 2.06 bits per heavy atom. The van der Waals surface area contributed by atoms with Crippen LogP contribution in [0.3, 0.4) is 0 Å². The Balaban J connectivity index is 2.07. The number of hydrogen-bond acceptors (Lipinski definition) is 0. The minimum atomic E-state index is -0.295. The molecule has 0 saturated carbocycles. The summed E-state index contributed by atoms with van der Waals surface area (Å²) in [6, 6.07) is 9.20. The Labute approximate surface area is 114 Å². The molecule has 1 aromatic carbocycles. The lowest BCUT2D eigenvalue weighted by atomic mass is 10.0. The minimum absolute atomic E-state index is 0.295. The van der Waals surface area contributed by atoms with Gasteiger partial charge < -0.3 is 0 Å². The second-order valence-corrected chi connectivity index (χ2v) is 7.33. The average Bonchev–Trinajstić information content (AvgIpc) is 2.77. The van der Waals surface area contributed by atoms with Gasteiger partial charge >= 0.3 is 0 Å². The molecule has 0 fully saturated rings. The van der Waals surface area contributed by atoms with Gasteiger partial charge in [0, 0.05) is 5.54 Å².